The zero-order chi connectivity index (χ0) is 11.5. The summed E-state index contributed by atoms with van der Waals surface area (Å²) < 4.78 is 5.75. The topological polar surface area (TPSA) is 41.5 Å². The van der Waals surface area contributed by atoms with Gasteiger partial charge in [-0.2, -0.15) is 4.98 Å². The van der Waals surface area contributed by atoms with Gasteiger partial charge in [0.15, 0.2) is 0 Å². The Morgan fingerprint density at radius 2 is 2.31 bits per heavy atom. The minimum atomic E-state index is 0.224. The summed E-state index contributed by atoms with van der Waals surface area (Å²) in [6.45, 7) is 2.04. The number of ether oxygens (including phenoxy) is 1. The van der Waals surface area contributed by atoms with E-state index in [1.165, 1.54) is 0 Å². The maximum absolute atomic E-state index is 5.75. The number of rotatable bonds is 3. The minimum absolute atomic E-state index is 0.224. The highest BCUT2D eigenvalue weighted by Gasteiger charge is 2.21. The van der Waals surface area contributed by atoms with Gasteiger partial charge in [0.05, 0.1) is 0 Å². The fraction of sp³-hybridized carbons (Fsp3) is 0.636. The van der Waals surface area contributed by atoms with Crippen molar-refractivity contribution in [2.45, 2.75) is 12.5 Å². The third-order valence-electron chi connectivity index (χ3n) is 2.70. The molecule has 0 aliphatic carbocycles. The van der Waals surface area contributed by atoms with Crippen molar-refractivity contribution in [3.63, 3.8) is 0 Å². The molecule has 1 aromatic rings. The normalized spacial score (nSPS) is 21.1. The number of likely N-dealkylation sites (tertiary alicyclic amines) is 1. The Kier molecular flexibility index (Phi) is 3.24. The standard InChI is InChI=1S/C11H18N4O/c1-14(2)10-4-6-12-11(13-10)16-9-5-7-15(3)8-9/h4,6,9H,5,7-8H2,1-3H3. The van der Waals surface area contributed by atoms with Crippen LogP contribution in [0.25, 0.3) is 0 Å². The van der Waals surface area contributed by atoms with Crippen LogP contribution in [0.4, 0.5) is 5.82 Å². The van der Waals surface area contributed by atoms with Gasteiger partial charge in [0.25, 0.3) is 0 Å². The third kappa shape index (κ3) is 2.61. The first-order valence-electron chi connectivity index (χ1n) is 5.51. The summed E-state index contributed by atoms with van der Waals surface area (Å²) in [5, 5.41) is 0. The molecule has 1 fully saturated rings. The van der Waals surface area contributed by atoms with E-state index in [-0.39, 0.29) is 6.10 Å². The molecule has 1 saturated heterocycles. The largest absolute Gasteiger partial charge is 0.459 e. The molecule has 1 aromatic heterocycles. The molecular formula is C11H18N4O. The van der Waals surface area contributed by atoms with Crippen LogP contribution in [0.15, 0.2) is 12.3 Å². The van der Waals surface area contributed by atoms with Crippen molar-refractivity contribution in [1.82, 2.24) is 14.9 Å². The first-order valence-corrected chi connectivity index (χ1v) is 5.51. The highest BCUT2D eigenvalue weighted by Crippen LogP contribution is 2.15. The Morgan fingerprint density at radius 3 is 2.94 bits per heavy atom. The van der Waals surface area contributed by atoms with E-state index in [0.717, 1.165) is 25.3 Å². The van der Waals surface area contributed by atoms with Crippen LogP contribution in [0.2, 0.25) is 0 Å². The lowest BCUT2D eigenvalue weighted by Crippen LogP contribution is -2.22. The summed E-state index contributed by atoms with van der Waals surface area (Å²) in [6, 6.07) is 2.35. The number of likely N-dealkylation sites (N-methyl/N-ethyl adjacent to an activating group) is 1. The van der Waals surface area contributed by atoms with Gasteiger partial charge in [-0.05, 0) is 19.5 Å². The van der Waals surface area contributed by atoms with Crippen molar-refractivity contribution >= 4 is 5.82 Å². The monoisotopic (exact) mass is 222 g/mol. The molecule has 0 saturated carbocycles. The summed E-state index contributed by atoms with van der Waals surface area (Å²) >= 11 is 0. The van der Waals surface area contributed by atoms with E-state index >= 15 is 0 Å². The average molecular weight is 222 g/mol. The molecule has 2 heterocycles. The van der Waals surface area contributed by atoms with Gasteiger partial charge < -0.3 is 14.5 Å². The van der Waals surface area contributed by atoms with Gasteiger partial charge in [0, 0.05) is 33.4 Å². The van der Waals surface area contributed by atoms with Gasteiger partial charge in [-0.1, -0.05) is 0 Å². The van der Waals surface area contributed by atoms with Crippen LogP contribution in [0.5, 0.6) is 6.01 Å². The van der Waals surface area contributed by atoms with E-state index in [4.69, 9.17) is 4.74 Å². The predicted octanol–water partition coefficient (Wildman–Crippen LogP) is 0.625. The number of aromatic nitrogens is 2. The van der Waals surface area contributed by atoms with Crippen molar-refractivity contribution in [1.29, 1.82) is 0 Å². The second-order valence-electron chi connectivity index (χ2n) is 4.38. The summed E-state index contributed by atoms with van der Waals surface area (Å²) in [5.74, 6) is 0.872. The molecule has 0 N–H and O–H groups in total. The van der Waals surface area contributed by atoms with E-state index in [2.05, 4.69) is 21.9 Å². The Balaban J connectivity index is 2.01. The SMILES string of the molecule is CN1CCC(Oc2nccc(N(C)C)n2)C1. The fourth-order valence-electron chi connectivity index (χ4n) is 1.78. The van der Waals surface area contributed by atoms with Gasteiger partial charge in [0.1, 0.15) is 11.9 Å². The Morgan fingerprint density at radius 1 is 1.50 bits per heavy atom. The lowest BCUT2D eigenvalue weighted by Gasteiger charge is -2.14. The molecule has 1 atom stereocenters. The highest BCUT2D eigenvalue weighted by molar-refractivity contribution is 5.35. The van der Waals surface area contributed by atoms with Crippen molar-refractivity contribution < 1.29 is 4.74 Å². The molecule has 0 radical (unpaired) electrons. The summed E-state index contributed by atoms with van der Waals surface area (Å²) in [5.41, 5.74) is 0. The van der Waals surface area contributed by atoms with Crippen LogP contribution < -0.4 is 9.64 Å². The molecule has 1 aliphatic rings. The molecular weight excluding hydrogens is 204 g/mol. The van der Waals surface area contributed by atoms with Crippen molar-refractivity contribution in [2.75, 3.05) is 39.1 Å². The van der Waals surface area contributed by atoms with Gasteiger partial charge >= 0.3 is 6.01 Å². The van der Waals surface area contributed by atoms with Crippen molar-refractivity contribution in [2.24, 2.45) is 0 Å². The molecule has 5 nitrogen and oxygen atoms in total. The number of hydrogen-bond acceptors (Lipinski definition) is 5. The Labute approximate surface area is 96.1 Å². The first-order chi connectivity index (χ1) is 7.65. The van der Waals surface area contributed by atoms with Crippen LogP contribution in [-0.2, 0) is 0 Å². The number of nitrogens with zero attached hydrogens (tertiary/aromatic N) is 4. The molecule has 1 aliphatic heterocycles. The molecule has 16 heavy (non-hydrogen) atoms. The van der Waals surface area contributed by atoms with E-state index in [1.54, 1.807) is 6.20 Å². The van der Waals surface area contributed by atoms with Crippen LogP contribution in [0.3, 0.4) is 0 Å². The maximum atomic E-state index is 5.75. The zero-order valence-corrected chi connectivity index (χ0v) is 10.1. The van der Waals surface area contributed by atoms with E-state index in [0.29, 0.717) is 6.01 Å². The lowest BCUT2D eigenvalue weighted by molar-refractivity contribution is 0.191. The molecule has 2 rings (SSSR count). The second-order valence-corrected chi connectivity index (χ2v) is 4.38. The van der Waals surface area contributed by atoms with Crippen LogP contribution >= 0.6 is 0 Å². The van der Waals surface area contributed by atoms with E-state index < -0.39 is 0 Å². The van der Waals surface area contributed by atoms with Gasteiger partial charge in [-0.3, -0.25) is 0 Å². The highest BCUT2D eigenvalue weighted by atomic mass is 16.5. The first kappa shape index (κ1) is 11.1. The second kappa shape index (κ2) is 4.65. The summed E-state index contributed by atoms with van der Waals surface area (Å²) in [4.78, 5) is 12.7. The zero-order valence-electron chi connectivity index (χ0n) is 10.1. The van der Waals surface area contributed by atoms with E-state index in [9.17, 15) is 0 Å². The Hall–Kier alpha value is -1.36. The molecule has 0 spiro atoms. The molecule has 88 valence electrons. The smallest absolute Gasteiger partial charge is 0.318 e. The van der Waals surface area contributed by atoms with Crippen LogP contribution in [0.1, 0.15) is 6.42 Å². The summed E-state index contributed by atoms with van der Waals surface area (Å²) in [6.07, 6.45) is 3.00. The minimum Gasteiger partial charge on any atom is -0.459 e. The summed E-state index contributed by atoms with van der Waals surface area (Å²) in [7, 11) is 6.01. The quantitative estimate of drug-likeness (QED) is 0.750. The lowest BCUT2D eigenvalue weighted by atomic mass is 10.3. The molecule has 5 heteroatoms. The average Bonchev–Trinajstić information content (AvgIpc) is 2.64. The van der Waals surface area contributed by atoms with Crippen molar-refractivity contribution in [3.8, 4) is 6.01 Å². The number of hydrogen-bond donors (Lipinski definition) is 0. The predicted molar refractivity (Wildman–Crippen MR) is 62.9 cm³/mol. The van der Waals surface area contributed by atoms with Gasteiger partial charge in [-0.25, -0.2) is 4.98 Å². The van der Waals surface area contributed by atoms with Crippen molar-refractivity contribution in [3.05, 3.63) is 12.3 Å². The Bertz CT molecular complexity index is 356. The molecule has 0 amide bonds. The van der Waals surface area contributed by atoms with Crippen LogP contribution in [0, 0.1) is 0 Å². The van der Waals surface area contributed by atoms with E-state index in [1.807, 2.05) is 25.1 Å². The van der Waals surface area contributed by atoms with Crippen LogP contribution in [-0.4, -0.2) is 55.2 Å². The molecule has 1 unspecified atom stereocenters. The fourth-order valence-corrected chi connectivity index (χ4v) is 1.78. The third-order valence-corrected chi connectivity index (χ3v) is 2.70. The maximum Gasteiger partial charge on any atom is 0.318 e. The van der Waals surface area contributed by atoms with Gasteiger partial charge in [-0.15, -0.1) is 0 Å². The molecule has 0 bridgehead atoms. The van der Waals surface area contributed by atoms with Gasteiger partial charge in [0.2, 0.25) is 0 Å². The molecule has 0 aromatic carbocycles. The number of anilines is 1.